The van der Waals surface area contributed by atoms with Crippen molar-refractivity contribution in [1.29, 1.82) is 0 Å². The number of nitrogens with zero attached hydrogens (tertiary/aromatic N) is 3. The minimum atomic E-state index is 0. The average molecular weight is 562 g/mol. The summed E-state index contributed by atoms with van der Waals surface area (Å²) in [5.74, 6) is 0. The number of pyridine rings is 1. The van der Waals surface area contributed by atoms with Gasteiger partial charge < -0.3 is 14.8 Å². The zero-order valence-corrected chi connectivity index (χ0v) is 18.6. The van der Waals surface area contributed by atoms with Gasteiger partial charge in [0.15, 0.2) is 0 Å². The van der Waals surface area contributed by atoms with Crippen molar-refractivity contribution < 1.29 is 20.1 Å². The molecule has 0 saturated carbocycles. The number of anilines is 1. The van der Waals surface area contributed by atoms with E-state index in [1.54, 1.807) is 17.5 Å². The summed E-state index contributed by atoms with van der Waals surface area (Å²) in [6.07, 6.45) is 5.97. The predicted molar refractivity (Wildman–Crippen MR) is 113 cm³/mol. The van der Waals surface area contributed by atoms with Crippen LogP contribution in [0.25, 0.3) is 21.3 Å². The first-order valence-electron chi connectivity index (χ1n) is 8.74. The molecule has 2 aromatic carbocycles. The third kappa shape index (κ3) is 4.87. The molecule has 3 nitrogen and oxygen atoms in total. The largest absolute Gasteiger partial charge is 0.361 e. The van der Waals surface area contributed by atoms with E-state index in [1.807, 2.05) is 42.5 Å². The van der Waals surface area contributed by atoms with Gasteiger partial charge >= 0.3 is 0 Å². The summed E-state index contributed by atoms with van der Waals surface area (Å²) >= 11 is 1.79. The average Bonchev–Trinajstić information content (AvgIpc) is 3.36. The minimum absolute atomic E-state index is 0. The van der Waals surface area contributed by atoms with Crippen LogP contribution in [-0.2, 0) is 20.1 Å². The van der Waals surface area contributed by atoms with Crippen LogP contribution in [0.2, 0.25) is 0 Å². The van der Waals surface area contributed by atoms with Crippen molar-refractivity contribution in [3.63, 3.8) is 0 Å². The molecule has 1 aliphatic heterocycles. The quantitative estimate of drug-likeness (QED) is 0.305. The van der Waals surface area contributed by atoms with Crippen molar-refractivity contribution in [3.05, 3.63) is 97.5 Å². The first kappa shape index (κ1) is 20.3. The molecule has 1 aliphatic rings. The zero-order valence-electron chi connectivity index (χ0n) is 15.4. The van der Waals surface area contributed by atoms with E-state index in [2.05, 4.69) is 70.6 Å². The normalized spacial score (nSPS) is 12.5. The molecule has 0 bridgehead atoms. The van der Waals surface area contributed by atoms with Crippen LogP contribution in [0.15, 0.2) is 85.3 Å². The van der Waals surface area contributed by atoms with Crippen molar-refractivity contribution >= 4 is 26.4 Å². The Morgan fingerprint density at radius 1 is 0.964 bits per heavy atom. The molecule has 28 heavy (non-hydrogen) atoms. The molecule has 1 radical (unpaired) electrons. The van der Waals surface area contributed by atoms with Crippen LogP contribution in [0.3, 0.4) is 0 Å². The number of fused-ring (bicyclic) bond motifs is 1. The standard InChI is InChI=1S/C12H11N2S.C11H8N.Ir/c1-13-6-7-14(9-13)12-8-10-4-2-3-5-11(10)15-12;1-2-6-10(7-3-1)11-8-4-5-9-12-11;/h2-7H,9H2,1H3;1-6,8-9H;/q2*-1;. The maximum absolute atomic E-state index is 4.22. The number of benzene rings is 2. The van der Waals surface area contributed by atoms with Crippen molar-refractivity contribution in [2.75, 3.05) is 18.6 Å². The van der Waals surface area contributed by atoms with Crippen LogP contribution in [0, 0.1) is 12.1 Å². The molecule has 5 rings (SSSR count). The molecule has 2 aromatic heterocycles. The summed E-state index contributed by atoms with van der Waals surface area (Å²) in [5, 5.41) is 2.40. The van der Waals surface area contributed by atoms with Gasteiger partial charge in [-0.2, -0.15) is 11.5 Å². The van der Waals surface area contributed by atoms with Gasteiger partial charge in [-0.3, -0.25) is 0 Å². The molecule has 0 unspecified atom stereocenters. The van der Waals surface area contributed by atoms with Crippen LogP contribution in [0.4, 0.5) is 5.00 Å². The van der Waals surface area contributed by atoms with Gasteiger partial charge in [0.05, 0.1) is 6.67 Å². The second kappa shape index (κ2) is 9.65. The first-order valence-corrected chi connectivity index (χ1v) is 9.55. The molecule has 0 amide bonds. The van der Waals surface area contributed by atoms with E-state index in [-0.39, 0.29) is 20.1 Å². The van der Waals surface area contributed by atoms with Gasteiger partial charge in [-0.25, -0.2) is 11.3 Å². The van der Waals surface area contributed by atoms with Crippen LogP contribution in [0.5, 0.6) is 0 Å². The van der Waals surface area contributed by atoms with Crippen LogP contribution in [0.1, 0.15) is 0 Å². The second-order valence-corrected chi connectivity index (χ2v) is 7.22. The fourth-order valence-corrected chi connectivity index (χ4v) is 3.75. The molecule has 0 saturated heterocycles. The molecule has 0 spiro atoms. The molecule has 0 aliphatic carbocycles. The van der Waals surface area contributed by atoms with Crippen molar-refractivity contribution in [2.24, 2.45) is 0 Å². The van der Waals surface area contributed by atoms with E-state index in [4.69, 9.17) is 0 Å². The van der Waals surface area contributed by atoms with Crippen LogP contribution in [-0.4, -0.2) is 23.6 Å². The third-order valence-electron chi connectivity index (χ3n) is 4.12. The van der Waals surface area contributed by atoms with Crippen LogP contribution < -0.4 is 4.90 Å². The van der Waals surface area contributed by atoms with E-state index in [0.29, 0.717) is 0 Å². The van der Waals surface area contributed by atoms with E-state index >= 15 is 0 Å². The van der Waals surface area contributed by atoms with E-state index in [9.17, 15) is 0 Å². The first-order chi connectivity index (χ1) is 13.3. The summed E-state index contributed by atoms with van der Waals surface area (Å²) in [6.45, 7) is 0.920. The van der Waals surface area contributed by atoms with Crippen molar-refractivity contribution in [2.45, 2.75) is 0 Å². The maximum atomic E-state index is 4.22. The van der Waals surface area contributed by atoms with Gasteiger partial charge in [0.25, 0.3) is 0 Å². The van der Waals surface area contributed by atoms with Crippen LogP contribution >= 0.6 is 11.3 Å². The molecule has 3 heterocycles. The second-order valence-electron chi connectivity index (χ2n) is 6.19. The van der Waals surface area contributed by atoms with Crippen molar-refractivity contribution in [3.8, 4) is 11.3 Å². The fourth-order valence-electron chi connectivity index (χ4n) is 2.77. The molecule has 0 atom stereocenters. The van der Waals surface area contributed by atoms with E-state index in [1.165, 1.54) is 15.1 Å². The Bertz CT molecular complexity index is 961. The molecule has 0 N–H and O–H groups in total. The topological polar surface area (TPSA) is 19.4 Å². The van der Waals surface area contributed by atoms with E-state index < -0.39 is 0 Å². The summed E-state index contributed by atoms with van der Waals surface area (Å²) in [5.41, 5.74) is 2.01. The molecule has 4 aromatic rings. The monoisotopic (exact) mass is 562 g/mol. The zero-order chi connectivity index (χ0) is 18.5. The number of aromatic nitrogens is 1. The third-order valence-corrected chi connectivity index (χ3v) is 5.23. The summed E-state index contributed by atoms with van der Waals surface area (Å²) < 4.78 is 1.30. The van der Waals surface area contributed by atoms with Gasteiger partial charge in [-0.05, 0) is 11.8 Å². The Morgan fingerprint density at radius 3 is 2.46 bits per heavy atom. The summed E-state index contributed by atoms with van der Waals surface area (Å²) in [4.78, 5) is 8.58. The Balaban J connectivity index is 0.000000159. The molecule has 0 fully saturated rings. The Hall–Kier alpha value is -2.46. The number of thiophene rings is 1. The molecular formula is C23H19IrN3S-2. The number of rotatable bonds is 2. The Morgan fingerprint density at radius 2 is 1.79 bits per heavy atom. The minimum Gasteiger partial charge on any atom is -0.361 e. The van der Waals surface area contributed by atoms with Gasteiger partial charge in [-0.15, -0.1) is 54.1 Å². The Kier molecular flexibility index (Phi) is 6.99. The number of hydrogen-bond donors (Lipinski definition) is 0. The SMILES string of the molecule is CN1C=CN(c2[c-]c3ccccc3s2)C1.[Ir].[c-]1ccccc1-c1ccccn1. The van der Waals surface area contributed by atoms with Crippen molar-refractivity contribution in [1.82, 2.24) is 9.88 Å². The number of hydrogen-bond acceptors (Lipinski definition) is 4. The smallest absolute Gasteiger partial charge is 0.0935 e. The molecule has 143 valence electrons. The van der Waals surface area contributed by atoms with Gasteiger partial charge in [0.1, 0.15) is 0 Å². The summed E-state index contributed by atoms with van der Waals surface area (Å²) in [7, 11) is 2.07. The maximum Gasteiger partial charge on any atom is 0.0935 e. The molecular weight excluding hydrogens is 543 g/mol. The van der Waals surface area contributed by atoms with Gasteiger partial charge in [0.2, 0.25) is 0 Å². The Labute approximate surface area is 183 Å². The summed E-state index contributed by atoms with van der Waals surface area (Å²) in [6, 6.07) is 28.6. The fraction of sp³-hybridized carbons (Fsp3) is 0.0870. The van der Waals surface area contributed by atoms with E-state index in [0.717, 1.165) is 17.9 Å². The van der Waals surface area contributed by atoms with Gasteiger partial charge in [-0.1, -0.05) is 22.9 Å². The van der Waals surface area contributed by atoms with Gasteiger partial charge in [0, 0.05) is 50.8 Å². The predicted octanol–water partition coefficient (Wildman–Crippen LogP) is 5.43. The molecule has 5 heteroatoms.